The summed E-state index contributed by atoms with van der Waals surface area (Å²) in [5.74, 6) is 0.416. The Hall–Kier alpha value is -4.19. The van der Waals surface area contributed by atoms with Gasteiger partial charge in [-0.3, -0.25) is 10.1 Å². The number of aromatic nitrogens is 5. The second kappa shape index (κ2) is 10.9. The van der Waals surface area contributed by atoms with Gasteiger partial charge in [0.05, 0.1) is 15.6 Å². The highest BCUT2D eigenvalue weighted by atomic mass is 32.1. The second-order valence-electron chi connectivity index (χ2n) is 9.66. The number of nitrogens with zero attached hydrogens (tertiary/aromatic N) is 6. The van der Waals surface area contributed by atoms with Crippen LogP contribution in [0.25, 0.3) is 32.7 Å². The first kappa shape index (κ1) is 26.4. The highest BCUT2D eigenvalue weighted by Gasteiger charge is 2.40. The van der Waals surface area contributed by atoms with Gasteiger partial charge in [-0.2, -0.15) is 0 Å². The van der Waals surface area contributed by atoms with Crippen molar-refractivity contribution in [3.05, 3.63) is 42.5 Å². The average molecular weight is 547 g/mol. The Morgan fingerprint density at radius 3 is 2.33 bits per heavy atom. The predicted molar refractivity (Wildman–Crippen MR) is 151 cm³/mol. The Balaban J connectivity index is 1.46. The number of piperidine rings is 1. The molecule has 4 aromatic rings. The van der Waals surface area contributed by atoms with E-state index in [-0.39, 0.29) is 6.03 Å². The summed E-state index contributed by atoms with van der Waals surface area (Å²) in [5.41, 5.74) is 3.43. The monoisotopic (exact) mass is 546 g/mol. The summed E-state index contributed by atoms with van der Waals surface area (Å²) >= 11 is 1.36. The quantitative estimate of drug-likeness (QED) is 0.299. The molecule has 3 aromatic heterocycles. The minimum Gasteiger partial charge on any atom is -0.481 e. The molecule has 1 aliphatic heterocycles. The molecule has 3 N–H and O–H groups in total. The zero-order valence-electron chi connectivity index (χ0n) is 22.1. The van der Waals surface area contributed by atoms with Crippen molar-refractivity contribution in [3.63, 3.8) is 0 Å². The molecule has 0 unspecified atom stereocenters. The summed E-state index contributed by atoms with van der Waals surface area (Å²) in [6.07, 6.45) is 8.81. The molecule has 0 saturated carbocycles. The number of hydrogen-bond donors (Lipinski definition) is 3. The van der Waals surface area contributed by atoms with Crippen LogP contribution >= 0.6 is 11.3 Å². The molecule has 11 nitrogen and oxygen atoms in total. The highest BCUT2D eigenvalue weighted by Crippen LogP contribution is 2.38. The fourth-order valence-corrected chi connectivity index (χ4v) is 5.69. The van der Waals surface area contributed by atoms with Crippen LogP contribution in [0.1, 0.15) is 38.7 Å². The van der Waals surface area contributed by atoms with Crippen LogP contribution < -0.4 is 15.5 Å². The molecule has 0 aliphatic carbocycles. The van der Waals surface area contributed by atoms with E-state index in [1.807, 2.05) is 37.8 Å². The lowest BCUT2D eigenvalue weighted by molar-refractivity contribution is -0.150. The third-order valence-corrected chi connectivity index (χ3v) is 8.19. The standard InChI is InChI=1S/C27H30N8O3S/c1-4-27(23(36)37)6-8-35(9-7-27)24-31-14-18(15-32-24)17-10-19(22-29-12-16(3)13-30-22)21-20(11-17)33-26(39-21)34-25(38)28-5-2/h10-15H,4-9H2,1-3H3,(H,36,37)(H2,28,33,34,38). The molecule has 2 amide bonds. The normalized spacial score (nSPS) is 14.8. The van der Waals surface area contributed by atoms with Gasteiger partial charge in [0.25, 0.3) is 0 Å². The summed E-state index contributed by atoms with van der Waals surface area (Å²) < 4.78 is 0.859. The van der Waals surface area contributed by atoms with Gasteiger partial charge in [0.1, 0.15) is 0 Å². The van der Waals surface area contributed by atoms with Crippen molar-refractivity contribution in [2.75, 3.05) is 29.9 Å². The van der Waals surface area contributed by atoms with Crippen molar-refractivity contribution in [1.82, 2.24) is 30.2 Å². The molecule has 1 aromatic carbocycles. The lowest BCUT2D eigenvalue weighted by Crippen LogP contribution is -2.44. The molecule has 1 aliphatic rings. The van der Waals surface area contributed by atoms with E-state index >= 15 is 0 Å². The van der Waals surface area contributed by atoms with Crippen molar-refractivity contribution < 1.29 is 14.7 Å². The van der Waals surface area contributed by atoms with Gasteiger partial charge in [-0.05, 0) is 56.4 Å². The van der Waals surface area contributed by atoms with Crippen molar-refractivity contribution in [3.8, 4) is 22.5 Å². The van der Waals surface area contributed by atoms with Crippen LogP contribution in [0.2, 0.25) is 0 Å². The number of carbonyl (C=O) groups is 2. The Kier molecular flexibility index (Phi) is 7.38. The number of anilines is 2. The van der Waals surface area contributed by atoms with Crippen LogP contribution in [0.15, 0.2) is 36.9 Å². The molecule has 1 fully saturated rings. The SMILES string of the molecule is CCNC(=O)Nc1nc2cc(-c3cnc(N4CCC(CC)(C(=O)O)CC4)nc3)cc(-c3ncc(C)cn3)c2s1. The number of carboxylic acid groups (broad SMARTS) is 1. The van der Waals surface area contributed by atoms with Gasteiger partial charge in [-0.15, -0.1) is 0 Å². The summed E-state index contributed by atoms with van der Waals surface area (Å²) in [5, 5.41) is 15.7. The second-order valence-corrected chi connectivity index (χ2v) is 10.7. The maximum absolute atomic E-state index is 12.1. The van der Waals surface area contributed by atoms with Crippen LogP contribution in [0.5, 0.6) is 0 Å². The van der Waals surface area contributed by atoms with E-state index in [1.54, 1.807) is 24.8 Å². The molecule has 0 radical (unpaired) electrons. The van der Waals surface area contributed by atoms with Crippen LogP contribution in [0.3, 0.4) is 0 Å². The number of carbonyl (C=O) groups excluding carboxylic acids is 1. The number of urea groups is 1. The molecule has 1 saturated heterocycles. The Morgan fingerprint density at radius 1 is 1.03 bits per heavy atom. The molecule has 12 heteroatoms. The molecule has 39 heavy (non-hydrogen) atoms. The lowest BCUT2D eigenvalue weighted by Gasteiger charge is -2.38. The van der Waals surface area contributed by atoms with E-state index < -0.39 is 11.4 Å². The average Bonchev–Trinajstić information content (AvgIpc) is 3.35. The van der Waals surface area contributed by atoms with Crippen LogP contribution in [0, 0.1) is 12.3 Å². The minimum absolute atomic E-state index is 0.314. The summed E-state index contributed by atoms with van der Waals surface area (Å²) in [6.45, 7) is 7.42. The Bertz CT molecular complexity index is 1500. The van der Waals surface area contributed by atoms with Gasteiger partial charge < -0.3 is 15.3 Å². The van der Waals surface area contributed by atoms with Gasteiger partial charge in [0.15, 0.2) is 11.0 Å². The molecule has 0 spiro atoms. The predicted octanol–water partition coefficient (Wildman–Crippen LogP) is 4.74. The Labute approximate surface area is 229 Å². The molecule has 0 bridgehead atoms. The number of fused-ring (bicyclic) bond motifs is 1. The Morgan fingerprint density at radius 2 is 1.72 bits per heavy atom. The smallest absolute Gasteiger partial charge is 0.321 e. The van der Waals surface area contributed by atoms with Gasteiger partial charge in [0, 0.05) is 55.5 Å². The van der Waals surface area contributed by atoms with E-state index in [0.717, 1.165) is 27.0 Å². The summed E-state index contributed by atoms with van der Waals surface area (Å²) in [7, 11) is 0. The van der Waals surface area contributed by atoms with Gasteiger partial charge >= 0.3 is 12.0 Å². The van der Waals surface area contributed by atoms with Crippen LogP contribution in [-0.4, -0.2) is 61.7 Å². The molecular formula is C27H30N8O3S. The number of rotatable bonds is 7. The first-order chi connectivity index (χ1) is 18.8. The molecule has 5 rings (SSSR count). The van der Waals surface area contributed by atoms with Gasteiger partial charge in [0.2, 0.25) is 5.95 Å². The molecular weight excluding hydrogens is 516 g/mol. The van der Waals surface area contributed by atoms with Crippen molar-refractivity contribution in [2.24, 2.45) is 5.41 Å². The van der Waals surface area contributed by atoms with E-state index in [1.165, 1.54) is 11.3 Å². The minimum atomic E-state index is -0.726. The highest BCUT2D eigenvalue weighted by molar-refractivity contribution is 7.22. The van der Waals surface area contributed by atoms with E-state index in [2.05, 4.69) is 35.6 Å². The molecule has 0 atom stereocenters. The van der Waals surface area contributed by atoms with Gasteiger partial charge in [-0.25, -0.2) is 29.7 Å². The van der Waals surface area contributed by atoms with E-state index in [9.17, 15) is 14.7 Å². The fraction of sp³-hybridized carbons (Fsp3) is 0.370. The summed E-state index contributed by atoms with van der Waals surface area (Å²) in [6, 6.07) is 3.61. The van der Waals surface area contributed by atoms with Gasteiger partial charge in [-0.1, -0.05) is 18.3 Å². The number of nitrogens with one attached hydrogen (secondary N) is 2. The topological polar surface area (TPSA) is 146 Å². The summed E-state index contributed by atoms with van der Waals surface area (Å²) in [4.78, 5) is 48.8. The molecule has 4 heterocycles. The first-order valence-electron chi connectivity index (χ1n) is 12.9. The third-order valence-electron chi connectivity index (χ3n) is 7.18. The van der Waals surface area contributed by atoms with Crippen molar-refractivity contribution >= 4 is 44.6 Å². The number of benzene rings is 1. The number of amides is 2. The van der Waals surface area contributed by atoms with Crippen LogP contribution in [0.4, 0.5) is 15.9 Å². The maximum atomic E-state index is 12.1. The van der Waals surface area contributed by atoms with Crippen molar-refractivity contribution in [2.45, 2.75) is 40.0 Å². The van der Waals surface area contributed by atoms with E-state index in [4.69, 9.17) is 0 Å². The number of hydrogen-bond acceptors (Lipinski definition) is 9. The zero-order valence-corrected chi connectivity index (χ0v) is 22.9. The first-order valence-corrected chi connectivity index (χ1v) is 13.7. The number of thiazole rings is 1. The van der Waals surface area contributed by atoms with Crippen molar-refractivity contribution in [1.29, 1.82) is 0 Å². The maximum Gasteiger partial charge on any atom is 0.321 e. The van der Waals surface area contributed by atoms with Crippen LogP contribution in [-0.2, 0) is 4.79 Å². The third kappa shape index (κ3) is 5.37. The number of aryl methyl sites for hydroxylation is 1. The van der Waals surface area contributed by atoms with E-state index in [0.29, 0.717) is 61.3 Å². The number of carboxylic acids is 1. The largest absolute Gasteiger partial charge is 0.481 e. The number of aliphatic carboxylic acids is 1. The fourth-order valence-electron chi connectivity index (χ4n) is 4.74. The zero-order chi connectivity index (χ0) is 27.6. The lowest BCUT2D eigenvalue weighted by atomic mass is 9.76. The molecule has 202 valence electrons.